The van der Waals surface area contributed by atoms with E-state index in [1.54, 1.807) is 4.90 Å². The van der Waals surface area contributed by atoms with Crippen LogP contribution in [0.4, 0.5) is 17.6 Å². The second kappa shape index (κ2) is 15.6. The van der Waals surface area contributed by atoms with E-state index in [1.165, 1.54) is 30.5 Å². The van der Waals surface area contributed by atoms with Crippen LogP contribution in [0.25, 0.3) is 0 Å². The lowest BCUT2D eigenvalue weighted by atomic mass is 9.85. The van der Waals surface area contributed by atoms with Crippen LogP contribution in [0.3, 0.4) is 0 Å². The van der Waals surface area contributed by atoms with Crippen molar-refractivity contribution in [1.29, 1.82) is 0 Å². The highest BCUT2D eigenvalue weighted by atomic mass is 19.1. The Bertz CT molecular complexity index is 1620. The number of pyridine rings is 1. The summed E-state index contributed by atoms with van der Waals surface area (Å²) < 4.78 is 62.7. The molecule has 6 nitrogen and oxygen atoms in total. The molecule has 4 aromatic rings. The van der Waals surface area contributed by atoms with Gasteiger partial charge in [-0.25, -0.2) is 17.6 Å². The SMILES string of the molecule is O=C(Cc1cncc(F)c1CC[C@H]1CNCCN1C(=O)CCOc1ccccc1)C[C@@H](c1ccc(F)cc1)c1cc(F)cc(F)c1. The number of hydrogen-bond acceptors (Lipinski definition) is 5. The number of Topliss-reactive ketones (excluding diaryl/α,β-unsaturated/α-hetero) is 1. The van der Waals surface area contributed by atoms with Crippen LogP contribution in [0.15, 0.2) is 85.2 Å². The summed E-state index contributed by atoms with van der Waals surface area (Å²) in [4.78, 5) is 32.3. The Balaban J connectivity index is 1.26. The molecule has 10 heteroatoms. The van der Waals surface area contributed by atoms with Crippen LogP contribution in [0, 0.1) is 23.3 Å². The molecule has 1 aliphatic rings. The van der Waals surface area contributed by atoms with E-state index in [2.05, 4.69) is 10.3 Å². The number of nitrogens with one attached hydrogen (secondary N) is 1. The molecular weight excluding hydrogens is 598 g/mol. The molecule has 1 saturated heterocycles. The molecule has 1 fully saturated rings. The normalized spacial score (nSPS) is 15.4. The number of ketones is 1. The quantitative estimate of drug-likeness (QED) is 0.178. The predicted octanol–water partition coefficient (Wildman–Crippen LogP) is 6.17. The number of piperazine rings is 1. The third-order valence-corrected chi connectivity index (χ3v) is 8.20. The molecule has 2 atom stereocenters. The van der Waals surface area contributed by atoms with Crippen LogP contribution in [-0.2, 0) is 22.4 Å². The average molecular weight is 634 g/mol. The summed E-state index contributed by atoms with van der Waals surface area (Å²) in [5, 5.41) is 3.30. The zero-order valence-electron chi connectivity index (χ0n) is 25.2. The van der Waals surface area contributed by atoms with Gasteiger partial charge >= 0.3 is 0 Å². The van der Waals surface area contributed by atoms with Gasteiger partial charge in [0.05, 0.1) is 19.2 Å². The number of nitrogens with zero attached hydrogens (tertiary/aromatic N) is 2. The van der Waals surface area contributed by atoms with Crippen molar-refractivity contribution in [3.05, 3.63) is 131 Å². The van der Waals surface area contributed by atoms with Crippen molar-refractivity contribution in [2.24, 2.45) is 0 Å². The van der Waals surface area contributed by atoms with Crippen LogP contribution >= 0.6 is 0 Å². The molecule has 1 aliphatic heterocycles. The Morgan fingerprint density at radius 2 is 1.65 bits per heavy atom. The Hall–Kier alpha value is -4.57. The summed E-state index contributed by atoms with van der Waals surface area (Å²) in [6.45, 7) is 1.96. The first-order valence-electron chi connectivity index (χ1n) is 15.3. The number of ether oxygens (including phenoxy) is 1. The van der Waals surface area contributed by atoms with Gasteiger partial charge in [0, 0.05) is 56.7 Å². The van der Waals surface area contributed by atoms with Gasteiger partial charge in [-0.2, -0.15) is 0 Å². The molecule has 0 bridgehead atoms. The second-order valence-electron chi connectivity index (χ2n) is 11.4. The predicted molar refractivity (Wildman–Crippen MR) is 165 cm³/mol. The number of rotatable bonds is 13. The van der Waals surface area contributed by atoms with Crippen molar-refractivity contribution in [1.82, 2.24) is 15.2 Å². The van der Waals surface area contributed by atoms with Crippen molar-refractivity contribution in [2.75, 3.05) is 26.2 Å². The Morgan fingerprint density at radius 3 is 2.39 bits per heavy atom. The summed E-state index contributed by atoms with van der Waals surface area (Å²) in [6, 6.07) is 17.5. The fourth-order valence-corrected chi connectivity index (χ4v) is 5.92. The zero-order valence-corrected chi connectivity index (χ0v) is 25.2. The van der Waals surface area contributed by atoms with Crippen molar-refractivity contribution in [3.8, 4) is 5.75 Å². The van der Waals surface area contributed by atoms with Gasteiger partial charge in [-0.1, -0.05) is 30.3 Å². The minimum atomic E-state index is -0.792. The lowest BCUT2D eigenvalue weighted by Gasteiger charge is -2.36. The first-order valence-corrected chi connectivity index (χ1v) is 15.3. The molecule has 0 unspecified atom stereocenters. The zero-order chi connectivity index (χ0) is 32.5. The van der Waals surface area contributed by atoms with E-state index in [0.717, 1.165) is 24.4 Å². The van der Waals surface area contributed by atoms with Crippen molar-refractivity contribution >= 4 is 11.7 Å². The molecule has 0 spiro atoms. The fraction of sp³-hybridized carbons (Fsp3) is 0.306. The summed E-state index contributed by atoms with van der Waals surface area (Å²) in [7, 11) is 0. The number of carbonyl (C=O) groups is 2. The Kier molecular flexibility index (Phi) is 11.1. The van der Waals surface area contributed by atoms with Gasteiger partial charge in [-0.15, -0.1) is 0 Å². The topological polar surface area (TPSA) is 71.5 Å². The maximum absolute atomic E-state index is 15.2. The lowest BCUT2D eigenvalue weighted by molar-refractivity contribution is -0.135. The average Bonchev–Trinajstić information content (AvgIpc) is 3.04. The number of aromatic nitrogens is 1. The summed E-state index contributed by atoms with van der Waals surface area (Å²) in [6.07, 6.45) is 3.18. The number of amides is 1. The lowest BCUT2D eigenvalue weighted by Crippen LogP contribution is -2.54. The largest absolute Gasteiger partial charge is 0.493 e. The highest BCUT2D eigenvalue weighted by molar-refractivity contribution is 5.82. The smallest absolute Gasteiger partial charge is 0.226 e. The molecule has 5 rings (SSSR count). The molecule has 240 valence electrons. The molecule has 3 aromatic carbocycles. The Morgan fingerprint density at radius 1 is 0.913 bits per heavy atom. The molecule has 0 radical (unpaired) electrons. The highest BCUT2D eigenvalue weighted by Crippen LogP contribution is 2.31. The third kappa shape index (κ3) is 8.78. The van der Waals surface area contributed by atoms with Crippen LogP contribution in [0.5, 0.6) is 5.75 Å². The van der Waals surface area contributed by atoms with Crippen LogP contribution < -0.4 is 10.1 Å². The summed E-state index contributed by atoms with van der Waals surface area (Å²) in [5.74, 6) is -3.03. The van der Waals surface area contributed by atoms with E-state index in [-0.39, 0.29) is 55.6 Å². The van der Waals surface area contributed by atoms with E-state index in [1.807, 2.05) is 30.3 Å². The molecule has 0 aliphatic carbocycles. The van der Waals surface area contributed by atoms with E-state index < -0.39 is 29.2 Å². The monoisotopic (exact) mass is 633 g/mol. The van der Waals surface area contributed by atoms with Crippen LogP contribution in [0.2, 0.25) is 0 Å². The minimum Gasteiger partial charge on any atom is -0.493 e. The molecule has 46 heavy (non-hydrogen) atoms. The molecular formula is C36H35F4N3O3. The van der Waals surface area contributed by atoms with E-state index in [0.29, 0.717) is 48.5 Å². The van der Waals surface area contributed by atoms with Crippen molar-refractivity contribution < 1.29 is 31.9 Å². The number of para-hydroxylation sites is 1. The van der Waals surface area contributed by atoms with Crippen LogP contribution in [0.1, 0.15) is 47.4 Å². The molecule has 1 N–H and O–H groups in total. The first kappa shape index (κ1) is 32.8. The number of hydrogen-bond donors (Lipinski definition) is 1. The third-order valence-electron chi connectivity index (χ3n) is 8.20. The summed E-state index contributed by atoms with van der Waals surface area (Å²) in [5.41, 5.74) is 1.50. The maximum Gasteiger partial charge on any atom is 0.226 e. The van der Waals surface area contributed by atoms with Gasteiger partial charge in [-0.3, -0.25) is 14.6 Å². The van der Waals surface area contributed by atoms with Gasteiger partial charge in [0.1, 0.15) is 34.8 Å². The number of carbonyl (C=O) groups excluding carboxylic acids is 2. The van der Waals surface area contributed by atoms with Gasteiger partial charge in [0.15, 0.2) is 0 Å². The van der Waals surface area contributed by atoms with Crippen molar-refractivity contribution in [3.63, 3.8) is 0 Å². The number of halogens is 4. The summed E-state index contributed by atoms with van der Waals surface area (Å²) >= 11 is 0. The van der Waals surface area contributed by atoms with E-state index >= 15 is 4.39 Å². The fourth-order valence-electron chi connectivity index (χ4n) is 5.92. The highest BCUT2D eigenvalue weighted by Gasteiger charge is 2.27. The van der Waals surface area contributed by atoms with Crippen LogP contribution in [-0.4, -0.2) is 53.9 Å². The minimum absolute atomic E-state index is 0.0475. The van der Waals surface area contributed by atoms with E-state index in [4.69, 9.17) is 4.74 Å². The van der Waals surface area contributed by atoms with Crippen molar-refractivity contribution in [2.45, 2.75) is 44.1 Å². The molecule has 0 saturated carbocycles. The molecule has 2 heterocycles. The van der Waals surface area contributed by atoms with Gasteiger partial charge in [-0.05, 0) is 71.5 Å². The van der Waals surface area contributed by atoms with E-state index in [9.17, 15) is 22.8 Å². The van der Waals surface area contributed by atoms with Gasteiger partial charge in [0.25, 0.3) is 0 Å². The first-order chi connectivity index (χ1) is 22.3. The molecule has 1 aromatic heterocycles. The molecule has 1 amide bonds. The Labute approximate surface area is 265 Å². The maximum atomic E-state index is 15.2. The van der Waals surface area contributed by atoms with Gasteiger partial charge in [0.2, 0.25) is 5.91 Å². The number of benzene rings is 3. The van der Waals surface area contributed by atoms with Gasteiger partial charge < -0.3 is 15.0 Å². The standard InChI is InChI=1S/C36H35F4N3O3/c37-27-8-6-24(7-9-27)34(25-16-28(38)19-29(39)17-25)20-31(44)18-26-21-42-23-35(40)33(26)11-10-30-22-41-13-14-43(30)36(45)12-15-46-32-4-2-1-3-5-32/h1-9,16-17,19,21,23,30,34,41H,10-15,18,20,22H2/t30-,34-/m0/s1. The second-order valence-corrected chi connectivity index (χ2v) is 11.4.